The molecule has 0 atom stereocenters. The summed E-state index contributed by atoms with van der Waals surface area (Å²) in [6, 6.07) is 10.5. The highest BCUT2D eigenvalue weighted by Gasteiger charge is 2.10. The quantitative estimate of drug-likeness (QED) is 0.481. The molecule has 0 saturated carbocycles. The van der Waals surface area contributed by atoms with Gasteiger partial charge < -0.3 is 4.74 Å². The number of hydrazone groups is 1. The molecule has 2 rings (SSSR count). The Bertz CT molecular complexity index is 821. The van der Waals surface area contributed by atoms with Gasteiger partial charge in [-0.05, 0) is 43.7 Å². The molecule has 2 aromatic rings. The van der Waals surface area contributed by atoms with Crippen LogP contribution in [0.5, 0.6) is 5.75 Å². The molecule has 0 aromatic heterocycles. The van der Waals surface area contributed by atoms with Crippen molar-refractivity contribution in [1.29, 1.82) is 0 Å². The van der Waals surface area contributed by atoms with Gasteiger partial charge in [-0.25, -0.2) is 5.43 Å². The van der Waals surface area contributed by atoms with Crippen molar-refractivity contribution in [2.45, 2.75) is 20.0 Å². The van der Waals surface area contributed by atoms with E-state index < -0.39 is 10.8 Å². The highest BCUT2D eigenvalue weighted by Crippen LogP contribution is 2.25. The number of nitrogens with zero attached hydrogens (tertiary/aromatic N) is 2. The average Bonchev–Trinajstić information content (AvgIpc) is 2.57. The molecule has 1 N–H and O–H groups in total. The first kappa shape index (κ1) is 18.4. The lowest BCUT2D eigenvalue weighted by atomic mass is 10.2. The Morgan fingerprint density at radius 1 is 1.32 bits per heavy atom. The number of hydrogen-bond donors (Lipinski definition) is 1. The largest absolute Gasteiger partial charge is 0.489 e. The Balaban J connectivity index is 2.03. The van der Waals surface area contributed by atoms with Crippen molar-refractivity contribution in [2.75, 3.05) is 0 Å². The molecule has 0 fully saturated rings. The molecule has 130 valence electrons. The number of carbonyl (C=O) groups is 1. The summed E-state index contributed by atoms with van der Waals surface area (Å²) >= 11 is 6.12. The maximum Gasteiger partial charge on any atom is 0.271 e. The summed E-state index contributed by atoms with van der Waals surface area (Å²) in [6.07, 6.45) is 1.42. The topological polar surface area (TPSA) is 93.8 Å². The van der Waals surface area contributed by atoms with Crippen molar-refractivity contribution < 1.29 is 14.5 Å². The maximum absolute atomic E-state index is 12.0. The number of halogens is 1. The van der Waals surface area contributed by atoms with Crippen molar-refractivity contribution in [3.05, 3.63) is 68.7 Å². The van der Waals surface area contributed by atoms with Gasteiger partial charge in [0.1, 0.15) is 5.75 Å². The van der Waals surface area contributed by atoms with E-state index in [-0.39, 0.29) is 17.4 Å². The Morgan fingerprint density at radius 2 is 2.08 bits per heavy atom. The molecule has 0 saturated heterocycles. The van der Waals surface area contributed by atoms with Crippen molar-refractivity contribution >= 4 is 29.4 Å². The summed E-state index contributed by atoms with van der Waals surface area (Å²) in [5.41, 5.74) is 2.96. The van der Waals surface area contributed by atoms with Gasteiger partial charge in [0, 0.05) is 17.7 Å². The fraction of sp³-hybridized carbons (Fsp3) is 0.176. The monoisotopic (exact) mass is 361 g/mol. The second kappa shape index (κ2) is 8.25. The number of nitrogens with one attached hydrogen (secondary N) is 1. The van der Waals surface area contributed by atoms with Gasteiger partial charge in [-0.1, -0.05) is 17.7 Å². The zero-order chi connectivity index (χ0) is 18.4. The zero-order valence-corrected chi connectivity index (χ0v) is 14.4. The molecule has 7 nitrogen and oxygen atoms in total. The fourth-order valence-electron chi connectivity index (χ4n) is 1.94. The molecule has 0 aliphatic heterocycles. The van der Waals surface area contributed by atoms with Gasteiger partial charge >= 0.3 is 0 Å². The minimum absolute atomic E-state index is 0.00577. The van der Waals surface area contributed by atoms with Crippen LogP contribution in [0.3, 0.4) is 0 Å². The van der Waals surface area contributed by atoms with Gasteiger partial charge in [-0.15, -0.1) is 0 Å². The lowest BCUT2D eigenvalue weighted by Crippen LogP contribution is -2.17. The third-order valence-electron chi connectivity index (χ3n) is 3.02. The van der Waals surface area contributed by atoms with Crippen molar-refractivity contribution in [3.63, 3.8) is 0 Å². The van der Waals surface area contributed by atoms with Crippen LogP contribution in [0.4, 0.5) is 5.69 Å². The second-order valence-corrected chi connectivity index (χ2v) is 5.77. The first-order valence-electron chi connectivity index (χ1n) is 7.41. The molecule has 0 radical (unpaired) electrons. The van der Waals surface area contributed by atoms with E-state index in [1.54, 1.807) is 18.2 Å². The van der Waals surface area contributed by atoms with Gasteiger partial charge in [-0.3, -0.25) is 14.9 Å². The van der Waals surface area contributed by atoms with E-state index in [2.05, 4.69) is 10.5 Å². The van der Waals surface area contributed by atoms with Crippen LogP contribution in [0.15, 0.2) is 47.6 Å². The Kier molecular flexibility index (Phi) is 6.08. The minimum atomic E-state index is -0.567. The number of rotatable bonds is 6. The first-order chi connectivity index (χ1) is 11.9. The summed E-state index contributed by atoms with van der Waals surface area (Å²) in [5, 5.41) is 15.0. The van der Waals surface area contributed by atoms with Gasteiger partial charge in [0.25, 0.3) is 11.6 Å². The fourth-order valence-corrected chi connectivity index (χ4v) is 2.17. The van der Waals surface area contributed by atoms with Crippen LogP contribution in [0.2, 0.25) is 5.02 Å². The van der Waals surface area contributed by atoms with Gasteiger partial charge in [0.2, 0.25) is 0 Å². The number of nitro groups is 1. The molecule has 0 heterocycles. The van der Waals surface area contributed by atoms with E-state index in [0.29, 0.717) is 16.3 Å². The van der Waals surface area contributed by atoms with Gasteiger partial charge in [-0.2, -0.15) is 5.10 Å². The predicted octanol–water partition coefficient (Wildman–Crippen LogP) is 3.80. The minimum Gasteiger partial charge on any atom is -0.489 e. The normalized spacial score (nSPS) is 10.9. The van der Waals surface area contributed by atoms with Crippen LogP contribution in [-0.4, -0.2) is 23.1 Å². The maximum atomic E-state index is 12.0. The molecule has 1 amide bonds. The molecule has 2 aromatic carbocycles. The Hall–Kier alpha value is -2.93. The van der Waals surface area contributed by atoms with E-state index >= 15 is 0 Å². The van der Waals surface area contributed by atoms with Crippen LogP contribution in [0.1, 0.15) is 29.8 Å². The smallest absolute Gasteiger partial charge is 0.271 e. The number of amides is 1. The van der Waals surface area contributed by atoms with E-state index in [0.717, 1.165) is 0 Å². The van der Waals surface area contributed by atoms with Crippen LogP contribution in [-0.2, 0) is 0 Å². The molecule has 0 spiro atoms. The third-order valence-corrected chi connectivity index (χ3v) is 3.31. The zero-order valence-electron chi connectivity index (χ0n) is 13.6. The number of ether oxygens (including phenoxy) is 1. The van der Waals surface area contributed by atoms with Crippen LogP contribution >= 0.6 is 11.6 Å². The SMILES string of the molecule is CC(C)Oc1ccc(/C=N/NC(=O)c2cccc([N+](=O)[O-])c2)cc1Cl. The highest BCUT2D eigenvalue weighted by atomic mass is 35.5. The van der Waals surface area contributed by atoms with Crippen molar-refractivity contribution in [3.8, 4) is 5.75 Å². The summed E-state index contributed by atoms with van der Waals surface area (Å²) in [7, 11) is 0. The second-order valence-electron chi connectivity index (χ2n) is 5.36. The summed E-state index contributed by atoms with van der Waals surface area (Å²) in [5.74, 6) is 0.0141. The lowest BCUT2D eigenvalue weighted by Gasteiger charge is -2.11. The van der Waals surface area contributed by atoms with Gasteiger partial charge in [0.05, 0.1) is 22.3 Å². The van der Waals surface area contributed by atoms with Crippen molar-refractivity contribution in [2.24, 2.45) is 5.10 Å². The molecular weight excluding hydrogens is 346 g/mol. The molecule has 25 heavy (non-hydrogen) atoms. The number of benzene rings is 2. The molecule has 8 heteroatoms. The molecule has 0 aliphatic carbocycles. The van der Waals surface area contributed by atoms with E-state index in [4.69, 9.17) is 16.3 Å². The molecule has 0 aliphatic rings. The molecular formula is C17H16ClN3O4. The van der Waals surface area contributed by atoms with E-state index in [9.17, 15) is 14.9 Å². The van der Waals surface area contributed by atoms with Gasteiger partial charge in [0.15, 0.2) is 0 Å². The van der Waals surface area contributed by atoms with E-state index in [1.807, 2.05) is 13.8 Å². The average molecular weight is 362 g/mol. The standard InChI is InChI=1S/C17H16ClN3O4/c1-11(2)25-16-7-6-12(8-15(16)18)10-19-20-17(22)13-4-3-5-14(9-13)21(23)24/h3-11H,1-2H3,(H,20,22)/b19-10+. The summed E-state index contributed by atoms with van der Waals surface area (Å²) < 4.78 is 5.53. The number of hydrogen-bond acceptors (Lipinski definition) is 5. The molecule has 0 bridgehead atoms. The number of non-ortho nitro benzene ring substituents is 1. The van der Waals surface area contributed by atoms with E-state index in [1.165, 1.54) is 30.5 Å². The van der Waals surface area contributed by atoms with Crippen molar-refractivity contribution in [1.82, 2.24) is 5.43 Å². The Morgan fingerprint density at radius 3 is 2.72 bits per heavy atom. The molecule has 0 unspecified atom stereocenters. The lowest BCUT2D eigenvalue weighted by molar-refractivity contribution is -0.384. The first-order valence-corrected chi connectivity index (χ1v) is 7.78. The summed E-state index contributed by atoms with van der Waals surface area (Å²) in [4.78, 5) is 22.1. The van der Waals surface area contributed by atoms with Crippen LogP contribution < -0.4 is 10.2 Å². The van der Waals surface area contributed by atoms with Crippen LogP contribution in [0.25, 0.3) is 0 Å². The predicted molar refractivity (Wildman–Crippen MR) is 95.4 cm³/mol. The number of carbonyl (C=O) groups excluding carboxylic acids is 1. The number of nitro benzene ring substituents is 1. The van der Waals surface area contributed by atoms with Crippen LogP contribution in [0, 0.1) is 10.1 Å². The third kappa shape index (κ3) is 5.29. The highest BCUT2D eigenvalue weighted by molar-refractivity contribution is 6.32. The Labute approximate surface area is 149 Å². The summed E-state index contributed by atoms with van der Waals surface area (Å²) in [6.45, 7) is 3.80.